The average Bonchev–Trinajstić information content (AvgIpc) is 3.46. The number of benzene rings is 3. The summed E-state index contributed by atoms with van der Waals surface area (Å²) < 4.78 is 25.5. The van der Waals surface area contributed by atoms with Gasteiger partial charge < -0.3 is 19.9 Å². The second-order valence-corrected chi connectivity index (χ2v) is 8.11. The van der Waals surface area contributed by atoms with Crippen LogP contribution in [0.2, 0.25) is 0 Å². The molecule has 31 heavy (non-hydrogen) atoms. The summed E-state index contributed by atoms with van der Waals surface area (Å²) in [6, 6.07) is 16.1. The molecule has 0 aromatic heterocycles. The highest BCUT2D eigenvalue weighted by atomic mass is 19.1. The van der Waals surface area contributed by atoms with Gasteiger partial charge in [0.2, 0.25) is 12.7 Å². The fourth-order valence-corrected chi connectivity index (χ4v) is 4.08. The fourth-order valence-electron chi connectivity index (χ4n) is 4.08. The summed E-state index contributed by atoms with van der Waals surface area (Å²) in [4.78, 5) is 13.2. The van der Waals surface area contributed by atoms with Crippen molar-refractivity contribution in [2.24, 2.45) is 0 Å². The van der Waals surface area contributed by atoms with Crippen molar-refractivity contribution in [3.05, 3.63) is 77.1 Å². The van der Waals surface area contributed by atoms with E-state index in [4.69, 9.17) is 9.47 Å². The van der Waals surface area contributed by atoms with Gasteiger partial charge in [0, 0.05) is 0 Å². The molecule has 0 saturated heterocycles. The number of hydrogen-bond acceptors (Lipinski definition) is 4. The molecule has 0 radical (unpaired) electrons. The van der Waals surface area contributed by atoms with Crippen LogP contribution in [-0.4, -0.2) is 17.8 Å². The lowest BCUT2D eigenvalue weighted by Crippen LogP contribution is -2.28. The van der Waals surface area contributed by atoms with E-state index in [0.717, 1.165) is 27.8 Å². The van der Waals surface area contributed by atoms with E-state index in [1.165, 1.54) is 6.07 Å². The first-order valence-corrected chi connectivity index (χ1v) is 10.2. The molecule has 1 aliphatic heterocycles. The minimum Gasteiger partial charge on any atom is -0.454 e. The third-order valence-corrected chi connectivity index (χ3v) is 6.12. The number of carbonyl (C=O) groups is 1. The number of anilines is 1. The second-order valence-electron chi connectivity index (χ2n) is 8.11. The fraction of sp³-hybridized carbons (Fsp3) is 0.240. The minimum absolute atomic E-state index is 0.0358. The van der Waals surface area contributed by atoms with Crippen LogP contribution in [0.25, 0.3) is 11.1 Å². The number of aliphatic hydroxyl groups is 1. The van der Waals surface area contributed by atoms with Gasteiger partial charge in [-0.3, -0.25) is 4.79 Å². The maximum atomic E-state index is 14.7. The summed E-state index contributed by atoms with van der Waals surface area (Å²) in [5.74, 6) is 0.604. The average molecular weight is 419 g/mol. The molecular formula is C25H22FNO4. The van der Waals surface area contributed by atoms with Gasteiger partial charge in [-0.05, 0) is 71.8 Å². The van der Waals surface area contributed by atoms with Gasteiger partial charge in [0.15, 0.2) is 11.5 Å². The van der Waals surface area contributed by atoms with Gasteiger partial charge in [0.05, 0.1) is 17.7 Å². The number of carbonyl (C=O) groups excluding carboxylic acids is 1. The molecular weight excluding hydrogens is 397 g/mol. The zero-order chi connectivity index (χ0) is 21.6. The lowest BCUT2D eigenvalue weighted by atomic mass is 9.94. The van der Waals surface area contributed by atoms with Gasteiger partial charge in [-0.15, -0.1) is 0 Å². The molecule has 2 aliphatic rings. The van der Waals surface area contributed by atoms with Crippen molar-refractivity contribution in [2.45, 2.75) is 31.8 Å². The number of hydrogen-bond donors (Lipinski definition) is 2. The first-order chi connectivity index (χ1) is 15.0. The summed E-state index contributed by atoms with van der Waals surface area (Å²) in [5.41, 5.74) is 3.61. The molecule has 5 rings (SSSR count). The van der Waals surface area contributed by atoms with E-state index >= 15 is 0 Å². The van der Waals surface area contributed by atoms with Gasteiger partial charge in [-0.25, -0.2) is 4.39 Å². The van der Waals surface area contributed by atoms with Gasteiger partial charge >= 0.3 is 0 Å². The molecule has 1 saturated carbocycles. The Kier molecular flexibility index (Phi) is 4.67. The van der Waals surface area contributed by atoms with Crippen molar-refractivity contribution < 1.29 is 23.8 Å². The van der Waals surface area contributed by atoms with Gasteiger partial charge in [0.1, 0.15) is 5.82 Å². The maximum Gasteiger partial charge on any atom is 0.235 e. The molecule has 3 aromatic rings. The molecule has 1 fully saturated rings. The Hall–Kier alpha value is -3.38. The van der Waals surface area contributed by atoms with E-state index in [-0.39, 0.29) is 25.0 Å². The summed E-state index contributed by atoms with van der Waals surface area (Å²) in [5, 5.41) is 12.1. The van der Waals surface area contributed by atoms with E-state index in [1.54, 1.807) is 6.07 Å². The topological polar surface area (TPSA) is 67.8 Å². The molecule has 6 heteroatoms. The van der Waals surface area contributed by atoms with E-state index in [1.807, 2.05) is 49.4 Å². The molecule has 158 valence electrons. The number of aliphatic hydroxyl groups excluding tert-OH is 1. The number of halogens is 1. The summed E-state index contributed by atoms with van der Waals surface area (Å²) in [6.45, 7) is 1.97. The van der Waals surface area contributed by atoms with Crippen molar-refractivity contribution in [1.82, 2.24) is 0 Å². The Morgan fingerprint density at radius 3 is 2.52 bits per heavy atom. The van der Waals surface area contributed by atoms with E-state index < -0.39 is 11.2 Å². The molecule has 3 aromatic carbocycles. The molecule has 0 bridgehead atoms. The Balaban J connectivity index is 1.43. The summed E-state index contributed by atoms with van der Waals surface area (Å²) in [7, 11) is 0. The van der Waals surface area contributed by atoms with Crippen molar-refractivity contribution in [3.8, 4) is 22.6 Å². The minimum atomic E-state index is -0.679. The van der Waals surface area contributed by atoms with Crippen molar-refractivity contribution >= 4 is 11.6 Å². The van der Waals surface area contributed by atoms with Crippen molar-refractivity contribution in [3.63, 3.8) is 0 Å². The van der Waals surface area contributed by atoms with E-state index in [9.17, 15) is 14.3 Å². The lowest BCUT2D eigenvalue weighted by Gasteiger charge is -2.18. The second kappa shape index (κ2) is 7.39. The Morgan fingerprint density at radius 1 is 1.06 bits per heavy atom. The number of nitrogens with one attached hydrogen (secondary N) is 1. The van der Waals surface area contributed by atoms with Gasteiger partial charge in [0.25, 0.3) is 0 Å². The molecule has 1 heterocycles. The summed E-state index contributed by atoms with van der Waals surface area (Å²) >= 11 is 0. The highest BCUT2D eigenvalue weighted by Gasteiger charge is 2.51. The molecule has 1 amide bonds. The highest BCUT2D eigenvalue weighted by Crippen LogP contribution is 2.51. The maximum absolute atomic E-state index is 14.7. The van der Waals surface area contributed by atoms with Gasteiger partial charge in [-0.2, -0.15) is 0 Å². The Labute approximate surface area is 179 Å². The first-order valence-electron chi connectivity index (χ1n) is 10.2. The highest BCUT2D eigenvalue weighted by molar-refractivity contribution is 6.02. The quantitative estimate of drug-likeness (QED) is 0.630. The Bertz CT molecular complexity index is 1170. The summed E-state index contributed by atoms with van der Waals surface area (Å²) in [6.07, 6.45) is 1.39. The number of ether oxygens (including phenoxy) is 2. The van der Waals surface area contributed by atoms with Crippen LogP contribution in [0.3, 0.4) is 0 Å². The van der Waals surface area contributed by atoms with Crippen LogP contribution in [0.15, 0.2) is 54.6 Å². The van der Waals surface area contributed by atoms with Crippen LogP contribution < -0.4 is 14.8 Å². The lowest BCUT2D eigenvalue weighted by molar-refractivity contribution is -0.118. The largest absolute Gasteiger partial charge is 0.454 e. The van der Waals surface area contributed by atoms with Crippen molar-refractivity contribution in [1.29, 1.82) is 0 Å². The molecule has 2 N–H and O–H groups in total. The van der Waals surface area contributed by atoms with Crippen LogP contribution in [0, 0.1) is 12.7 Å². The third kappa shape index (κ3) is 3.43. The Morgan fingerprint density at radius 2 is 1.81 bits per heavy atom. The molecule has 5 nitrogen and oxygen atoms in total. The molecule has 1 aliphatic carbocycles. The van der Waals surface area contributed by atoms with Gasteiger partial charge in [-0.1, -0.05) is 30.3 Å². The SMILES string of the molecule is Cc1cc(F)c(NC(=O)C2(c3ccc4c(c3)OCO4)CC2)cc1-c1ccc(CO)cc1. The molecule has 0 unspecified atom stereocenters. The smallest absolute Gasteiger partial charge is 0.235 e. The van der Waals surface area contributed by atoms with Crippen LogP contribution in [0.4, 0.5) is 10.1 Å². The zero-order valence-electron chi connectivity index (χ0n) is 17.1. The van der Waals surface area contributed by atoms with Crippen LogP contribution in [0.5, 0.6) is 11.5 Å². The predicted molar refractivity (Wildman–Crippen MR) is 115 cm³/mol. The normalized spacial score (nSPS) is 15.6. The first kappa shape index (κ1) is 19.6. The number of amides is 1. The number of rotatable bonds is 5. The van der Waals surface area contributed by atoms with Crippen molar-refractivity contribution in [2.75, 3.05) is 12.1 Å². The van der Waals surface area contributed by atoms with Crippen LogP contribution in [0.1, 0.15) is 29.5 Å². The molecule has 0 spiro atoms. The number of aryl methyl sites for hydroxylation is 1. The number of fused-ring (bicyclic) bond motifs is 1. The van der Waals surface area contributed by atoms with E-state index in [2.05, 4.69) is 5.32 Å². The van der Waals surface area contributed by atoms with Crippen LogP contribution >= 0.6 is 0 Å². The zero-order valence-corrected chi connectivity index (χ0v) is 17.1. The molecule has 0 atom stereocenters. The third-order valence-electron chi connectivity index (χ3n) is 6.12. The monoisotopic (exact) mass is 419 g/mol. The van der Waals surface area contributed by atoms with Crippen LogP contribution in [-0.2, 0) is 16.8 Å². The predicted octanol–water partition coefficient (Wildman–Crippen LogP) is 4.69. The van der Waals surface area contributed by atoms with E-state index in [0.29, 0.717) is 24.3 Å². The standard InChI is InChI=1S/C25H22FNO4/c1-15-10-20(26)21(12-19(15)17-4-2-16(13-28)3-5-17)27-24(29)25(8-9-25)18-6-7-22-23(11-18)31-14-30-22/h2-7,10-12,28H,8-9,13-14H2,1H3,(H,27,29).